The molecule has 1 saturated heterocycles. The van der Waals surface area contributed by atoms with Crippen molar-refractivity contribution in [1.29, 1.82) is 0 Å². The Morgan fingerprint density at radius 2 is 2.08 bits per heavy atom. The lowest BCUT2D eigenvalue weighted by atomic mass is 9.79. The topological polar surface area (TPSA) is 21.8 Å². The highest BCUT2D eigenvalue weighted by Gasteiger charge is 2.68. The smallest absolute Gasteiger partial charge is 0.0929 e. The van der Waals surface area contributed by atoms with Crippen LogP contribution < -0.4 is 0 Å². The maximum Gasteiger partial charge on any atom is 0.0929 e. The molecule has 1 saturated carbocycles. The van der Waals surface area contributed by atoms with Gasteiger partial charge in [0.25, 0.3) is 0 Å². The molecule has 1 aliphatic carbocycles. The first-order valence-corrected chi connectivity index (χ1v) is 5.17. The summed E-state index contributed by atoms with van der Waals surface area (Å²) in [5.41, 5.74) is 0.565. The maximum atomic E-state index is 5.72. The molecular formula is C11H20O2. The van der Waals surface area contributed by atoms with Crippen molar-refractivity contribution < 1.29 is 9.47 Å². The predicted octanol–water partition coefficient (Wildman–Crippen LogP) is 2.23. The number of methoxy groups -OCH3 is 1. The standard InChI is InChI=1S/C11H20O2/c1-10(2)8(5-6-12-4)7-11(3)9(10)13-11/h8-9H,5-7H2,1-4H3/t8-,9-,11+/m0/s1. The average molecular weight is 184 g/mol. The molecule has 0 spiro atoms. The largest absolute Gasteiger partial charge is 0.385 e. The number of fused-ring (bicyclic) bond motifs is 1. The van der Waals surface area contributed by atoms with Crippen LogP contribution in [0.2, 0.25) is 0 Å². The van der Waals surface area contributed by atoms with Crippen LogP contribution >= 0.6 is 0 Å². The van der Waals surface area contributed by atoms with Gasteiger partial charge in [0.1, 0.15) is 0 Å². The van der Waals surface area contributed by atoms with Gasteiger partial charge in [-0.2, -0.15) is 0 Å². The van der Waals surface area contributed by atoms with Crippen LogP contribution in [-0.2, 0) is 9.47 Å². The van der Waals surface area contributed by atoms with E-state index in [2.05, 4.69) is 20.8 Å². The van der Waals surface area contributed by atoms with Crippen molar-refractivity contribution in [3.8, 4) is 0 Å². The van der Waals surface area contributed by atoms with Crippen molar-refractivity contribution in [3.05, 3.63) is 0 Å². The van der Waals surface area contributed by atoms with Gasteiger partial charge in [0, 0.05) is 13.7 Å². The fourth-order valence-electron chi connectivity index (χ4n) is 3.03. The third-order valence-electron chi connectivity index (χ3n) is 3.93. The van der Waals surface area contributed by atoms with E-state index in [0.717, 1.165) is 12.5 Å². The van der Waals surface area contributed by atoms with Crippen LogP contribution in [0.5, 0.6) is 0 Å². The summed E-state index contributed by atoms with van der Waals surface area (Å²) in [4.78, 5) is 0. The van der Waals surface area contributed by atoms with Crippen LogP contribution in [-0.4, -0.2) is 25.4 Å². The fraction of sp³-hybridized carbons (Fsp3) is 1.00. The molecule has 3 atom stereocenters. The molecule has 0 amide bonds. The Morgan fingerprint density at radius 3 is 2.54 bits per heavy atom. The zero-order valence-electron chi connectivity index (χ0n) is 9.09. The van der Waals surface area contributed by atoms with Crippen LogP contribution in [0.1, 0.15) is 33.6 Å². The quantitative estimate of drug-likeness (QED) is 0.627. The van der Waals surface area contributed by atoms with Gasteiger partial charge in [0.2, 0.25) is 0 Å². The molecule has 13 heavy (non-hydrogen) atoms. The molecule has 2 aliphatic rings. The third-order valence-corrected chi connectivity index (χ3v) is 3.93. The van der Waals surface area contributed by atoms with Crippen molar-refractivity contribution >= 4 is 0 Å². The van der Waals surface area contributed by atoms with Gasteiger partial charge in [-0.25, -0.2) is 0 Å². The fourth-order valence-corrected chi connectivity index (χ4v) is 3.03. The van der Waals surface area contributed by atoms with Crippen LogP contribution in [0.25, 0.3) is 0 Å². The molecule has 2 rings (SSSR count). The van der Waals surface area contributed by atoms with E-state index in [1.807, 2.05) is 0 Å². The molecule has 0 aromatic heterocycles. The van der Waals surface area contributed by atoms with E-state index in [9.17, 15) is 0 Å². The van der Waals surface area contributed by atoms with Crippen molar-refractivity contribution in [2.45, 2.75) is 45.3 Å². The van der Waals surface area contributed by atoms with E-state index in [1.165, 1.54) is 12.8 Å². The van der Waals surface area contributed by atoms with Crippen LogP contribution in [0.4, 0.5) is 0 Å². The second-order valence-corrected chi connectivity index (χ2v) is 5.31. The first-order chi connectivity index (χ1) is 6.00. The second-order valence-electron chi connectivity index (χ2n) is 5.31. The Kier molecular flexibility index (Phi) is 1.97. The first-order valence-electron chi connectivity index (χ1n) is 5.17. The van der Waals surface area contributed by atoms with E-state index in [-0.39, 0.29) is 5.60 Å². The van der Waals surface area contributed by atoms with Gasteiger partial charge in [-0.3, -0.25) is 0 Å². The lowest BCUT2D eigenvalue weighted by Crippen LogP contribution is -2.25. The van der Waals surface area contributed by atoms with Crippen molar-refractivity contribution in [3.63, 3.8) is 0 Å². The first kappa shape index (κ1) is 9.47. The molecule has 1 aliphatic heterocycles. The van der Waals surface area contributed by atoms with Gasteiger partial charge in [-0.1, -0.05) is 13.8 Å². The summed E-state index contributed by atoms with van der Waals surface area (Å²) in [5, 5.41) is 0. The molecule has 76 valence electrons. The summed E-state index contributed by atoms with van der Waals surface area (Å²) in [6, 6.07) is 0. The van der Waals surface area contributed by atoms with E-state index < -0.39 is 0 Å². The number of ether oxygens (including phenoxy) is 2. The molecule has 0 bridgehead atoms. The second kappa shape index (κ2) is 2.71. The Hall–Kier alpha value is -0.0800. The number of rotatable bonds is 3. The van der Waals surface area contributed by atoms with E-state index >= 15 is 0 Å². The summed E-state index contributed by atoms with van der Waals surface area (Å²) in [6.07, 6.45) is 2.90. The Balaban J connectivity index is 1.99. The lowest BCUT2D eigenvalue weighted by Gasteiger charge is -2.28. The summed E-state index contributed by atoms with van der Waals surface area (Å²) < 4.78 is 10.9. The summed E-state index contributed by atoms with van der Waals surface area (Å²) in [5.74, 6) is 0.774. The summed E-state index contributed by atoms with van der Waals surface area (Å²) in [7, 11) is 1.78. The van der Waals surface area contributed by atoms with Crippen LogP contribution in [0, 0.1) is 11.3 Å². The highest BCUT2D eigenvalue weighted by Crippen LogP contribution is 2.62. The van der Waals surface area contributed by atoms with Gasteiger partial charge in [0.05, 0.1) is 11.7 Å². The Bertz CT molecular complexity index is 212. The minimum absolute atomic E-state index is 0.210. The minimum Gasteiger partial charge on any atom is -0.385 e. The van der Waals surface area contributed by atoms with Gasteiger partial charge in [-0.15, -0.1) is 0 Å². The van der Waals surface area contributed by atoms with E-state index in [1.54, 1.807) is 7.11 Å². The van der Waals surface area contributed by atoms with Gasteiger partial charge >= 0.3 is 0 Å². The highest BCUT2D eigenvalue weighted by atomic mass is 16.6. The van der Waals surface area contributed by atoms with E-state index in [4.69, 9.17) is 9.47 Å². The molecule has 1 heterocycles. The summed E-state index contributed by atoms with van der Waals surface area (Å²) in [6.45, 7) is 7.79. The molecule has 0 aromatic rings. The highest BCUT2D eigenvalue weighted by molar-refractivity contribution is 5.15. The molecule has 0 radical (unpaired) electrons. The Labute approximate surface area is 80.6 Å². The molecule has 2 nitrogen and oxygen atoms in total. The zero-order valence-corrected chi connectivity index (χ0v) is 9.09. The molecule has 0 aromatic carbocycles. The van der Waals surface area contributed by atoms with Crippen LogP contribution in [0.15, 0.2) is 0 Å². The molecule has 0 unspecified atom stereocenters. The number of hydrogen-bond acceptors (Lipinski definition) is 2. The monoisotopic (exact) mass is 184 g/mol. The SMILES string of the molecule is COCC[C@H]1C[C@@]2(C)O[C@H]2C1(C)C. The van der Waals surface area contributed by atoms with Gasteiger partial charge < -0.3 is 9.47 Å². The average Bonchev–Trinajstić information content (AvgIpc) is 2.67. The zero-order chi connectivity index (χ0) is 9.69. The van der Waals surface area contributed by atoms with Gasteiger partial charge in [-0.05, 0) is 31.1 Å². The number of hydrogen-bond donors (Lipinski definition) is 0. The third kappa shape index (κ3) is 1.31. The molecule has 2 heteroatoms. The molecule has 2 fully saturated rings. The Morgan fingerprint density at radius 1 is 1.38 bits per heavy atom. The molecule has 0 N–H and O–H groups in total. The minimum atomic E-state index is 0.210. The van der Waals surface area contributed by atoms with Crippen molar-refractivity contribution in [1.82, 2.24) is 0 Å². The predicted molar refractivity (Wildman–Crippen MR) is 51.7 cm³/mol. The summed E-state index contributed by atoms with van der Waals surface area (Å²) >= 11 is 0. The van der Waals surface area contributed by atoms with Gasteiger partial charge in [0.15, 0.2) is 0 Å². The normalized spacial score (nSPS) is 46.2. The number of epoxide rings is 1. The molecular weight excluding hydrogens is 164 g/mol. The van der Waals surface area contributed by atoms with Crippen molar-refractivity contribution in [2.24, 2.45) is 11.3 Å². The van der Waals surface area contributed by atoms with Crippen molar-refractivity contribution in [2.75, 3.05) is 13.7 Å². The van der Waals surface area contributed by atoms with Crippen LogP contribution in [0.3, 0.4) is 0 Å². The maximum absolute atomic E-state index is 5.72. The lowest BCUT2D eigenvalue weighted by molar-refractivity contribution is 0.0797. The van der Waals surface area contributed by atoms with E-state index in [0.29, 0.717) is 11.5 Å².